The highest BCUT2D eigenvalue weighted by Gasteiger charge is 2.22. The van der Waals surface area contributed by atoms with Gasteiger partial charge in [-0.15, -0.1) is 0 Å². The first-order chi connectivity index (χ1) is 17.4. The third kappa shape index (κ3) is 9.28. The molecule has 0 saturated carbocycles. The van der Waals surface area contributed by atoms with Crippen LogP contribution in [0, 0.1) is 5.82 Å². The van der Waals surface area contributed by atoms with Gasteiger partial charge in [0.2, 0.25) is 0 Å². The van der Waals surface area contributed by atoms with Crippen LogP contribution >= 0.6 is 0 Å². The molecule has 0 radical (unpaired) electrons. The predicted molar refractivity (Wildman–Crippen MR) is 141 cm³/mol. The molecule has 0 bridgehead atoms. The minimum absolute atomic E-state index is 0.182. The van der Waals surface area contributed by atoms with Gasteiger partial charge >= 0.3 is 0 Å². The fourth-order valence-electron chi connectivity index (χ4n) is 4.33. The molecule has 0 aliphatic carbocycles. The number of halogens is 1. The summed E-state index contributed by atoms with van der Waals surface area (Å²) in [5.74, 6) is 1.37. The molecule has 1 saturated heterocycles. The van der Waals surface area contributed by atoms with Gasteiger partial charge in [-0.3, -0.25) is 4.79 Å². The van der Waals surface area contributed by atoms with E-state index < -0.39 is 0 Å². The molecule has 1 unspecified atom stereocenters. The molecule has 1 fully saturated rings. The largest absolute Gasteiger partial charge is 0.384 e. The number of aromatic nitrogens is 3. The number of piperidine rings is 1. The number of carbonyl (C=O) groups excluding carboxylic acids is 1. The molecule has 2 aromatic carbocycles. The second-order valence-electron chi connectivity index (χ2n) is 9.56. The molecular weight excluding hydrogens is 455 g/mol. The van der Waals surface area contributed by atoms with Crippen LogP contribution in [0.4, 0.5) is 4.39 Å². The van der Waals surface area contributed by atoms with Crippen LogP contribution in [-0.2, 0) is 16.0 Å². The number of ketones is 1. The Morgan fingerprint density at radius 3 is 2.42 bits per heavy atom. The SMILES string of the molecule is CC(CCN1CCC(n2cnc(Cc3ccc(F)cc3)n2)CC1)c1ccccc1.COCCC(C)=O. The normalized spacial score (nSPS) is 15.2. The smallest absolute Gasteiger partial charge is 0.154 e. The zero-order valence-electron chi connectivity index (χ0n) is 21.8. The molecule has 0 amide bonds. The Morgan fingerprint density at radius 2 is 1.81 bits per heavy atom. The predicted octanol–water partition coefficient (Wildman–Crippen LogP) is 5.45. The Hall–Kier alpha value is -2.90. The Balaban J connectivity index is 0.000000454. The first kappa shape index (κ1) is 27.7. The molecule has 1 aliphatic rings. The number of likely N-dealkylation sites (tertiary alicyclic amines) is 1. The maximum absolute atomic E-state index is 13.1. The third-order valence-corrected chi connectivity index (χ3v) is 6.67. The van der Waals surface area contributed by atoms with Crippen LogP contribution in [0.2, 0.25) is 0 Å². The Bertz CT molecular complexity index is 1030. The fraction of sp³-hybridized carbons (Fsp3) is 0.483. The van der Waals surface area contributed by atoms with Crippen molar-refractivity contribution in [3.05, 3.63) is 83.7 Å². The maximum atomic E-state index is 13.1. The first-order valence-electron chi connectivity index (χ1n) is 12.8. The lowest BCUT2D eigenvalue weighted by atomic mass is 9.97. The van der Waals surface area contributed by atoms with Gasteiger partial charge < -0.3 is 9.64 Å². The minimum Gasteiger partial charge on any atom is -0.384 e. The summed E-state index contributed by atoms with van der Waals surface area (Å²) >= 11 is 0. The monoisotopic (exact) mass is 494 g/mol. The molecule has 3 aromatic rings. The molecule has 2 heterocycles. The van der Waals surface area contributed by atoms with Gasteiger partial charge in [-0.2, -0.15) is 5.10 Å². The van der Waals surface area contributed by atoms with E-state index in [1.54, 1.807) is 26.2 Å². The second-order valence-corrected chi connectivity index (χ2v) is 9.56. The summed E-state index contributed by atoms with van der Waals surface area (Å²) in [7, 11) is 1.59. The Kier molecular flexibility index (Phi) is 11.2. The molecule has 1 aromatic heterocycles. The summed E-state index contributed by atoms with van der Waals surface area (Å²) < 4.78 is 19.7. The van der Waals surface area contributed by atoms with Crippen LogP contribution in [0.1, 0.15) is 68.4 Å². The number of carbonyl (C=O) groups is 1. The van der Waals surface area contributed by atoms with Crippen LogP contribution in [0.25, 0.3) is 0 Å². The Morgan fingerprint density at radius 1 is 1.11 bits per heavy atom. The van der Waals surface area contributed by atoms with Crippen LogP contribution < -0.4 is 0 Å². The highest BCUT2D eigenvalue weighted by molar-refractivity contribution is 5.75. The topological polar surface area (TPSA) is 60.3 Å². The Labute approximate surface area is 214 Å². The highest BCUT2D eigenvalue weighted by Crippen LogP contribution is 2.24. The van der Waals surface area contributed by atoms with E-state index in [1.807, 2.05) is 11.0 Å². The van der Waals surface area contributed by atoms with Gasteiger partial charge in [0.25, 0.3) is 0 Å². The summed E-state index contributed by atoms with van der Waals surface area (Å²) in [5, 5.41) is 4.68. The summed E-state index contributed by atoms with van der Waals surface area (Å²) in [4.78, 5) is 17.2. The molecule has 0 N–H and O–H groups in total. The first-order valence-corrected chi connectivity index (χ1v) is 12.8. The van der Waals surface area contributed by atoms with Gasteiger partial charge in [0.1, 0.15) is 17.9 Å². The van der Waals surface area contributed by atoms with E-state index in [1.165, 1.54) is 24.1 Å². The number of benzene rings is 2. The number of Topliss-reactive ketones (excluding diaryl/α,β-unsaturated/α-hetero) is 1. The number of hydrogen-bond acceptors (Lipinski definition) is 5. The van der Waals surface area contributed by atoms with Gasteiger partial charge in [0.15, 0.2) is 5.82 Å². The van der Waals surface area contributed by atoms with Crippen molar-refractivity contribution in [3.8, 4) is 0 Å². The minimum atomic E-state index is -0.211. The molecule has 36 heavy (non-hydrogen) atoms. The lowest BCUT2D eigenvalue weighted by Crippen LogP contribution is -2.35. The number of hydrogen-bond donors (Lipinski definition) is 0. The van der Waals surface area contributed by atoms with Crippen molar-refractivity contribution < 1.29 is 13.9 Å². The average molecular weight is 495 g/mol. The van der Waals surface area contributed by atoms with E-state index in [0.717, 1.165) is 43.9 Å². The van der Waals surface area contributed by atoms with E-state index in [-0.39, 0.29) is 11.6 Å². The van der Waals surface area contributed by atoms with Gasteiger partial charge in [-0.25, -0.2) is 14.1 Å². The number of nitrogens with zero attached hydrogens (tertiary/aromatic N) is 4. The molecule has 4 rings (SSSR count). The van der Waals surface area contributed by atoms with Crippen molar-refractivity contribution >= 4 is 5.78 Å². The molecule has 7 heteroatoms. The molecule has 1 atom stereocenters. The lowest BCUT2D eigenvalue weighted by molar-refractivity contribution is -0.117. The van der Waals surface area contributed by atoms with E-state index in [4.69, 9.17) is 0 Å². The van der Waals surface area contributed by atoms with Gasteiger partial charge in [-0.1, -0.05) is 49.4 Å². The molecule has 194 valence electrons. The van der Waals surface area contributed by atoms with E-state index >= 15 is 0 Å². The highest BCUT2D eigenvalue weighted by atomic mass is 19.1. The summed E-state index contributed by atoms with van der Waals surface area (Å²) in [6.07, 6.45) is 6.45. The standard InChI is InChI=1S/C24H29FN4.C5H10O2/c1-19(21-5-3-2-4-6-21)11-14-28-15-12-23(13-16-28)29-18-26-24(27-29)17-20-7-9-22(25)10-8-20;1-5(6)3-4-7-2/h2-10,18-19,23H,11-17H2,1H3;3-4H2,1-2H3. The quantitative estimate of drug-likeness (QED) is 0.375. The van der Waals surface area contributed by atoms with E-state index in [2.05, 4.69) is 57.0 Å². The average Bonchev–Trinajstić information content (AvgIpc) is 3.37. The van der Waals surface area contributed by atoms with Gasteiger partial charge in [0.05, 0.1) is 12.6 Å². The van der Waals surface area contributed by atoms with Gasteiger partial charge in [-0.05, 0) is 61.9 Å². The summed E-state index contributed by atoms with van der Waals surface area (Å²) in [6.45, 7) is 7.79. The number of methoxy groups -OCH3 is 1. The van der Waals surface area contributed by atoms with E-state index in [0.29, 0.717) is 31.4 Å². The molecule has 1 aliphatic heterocycles. The van der Waals surface area contributed by atoms with Crippen molar-refractivity contribution in [1.82, 2.24) is 19.7 Å². The lowest BCUT2D eigenvalue weighted by Gasteiger charge is -2.32. The van der Waals surface area contributed by atoms with Crippen molar-refractivity contribution in [2.45, 2.75) is 57.9 Å². The second kappa shape index (κ2) is 14.6. The maximum Gasteiger partial charge on any atom is 0.154 e. The van der Waals surface area contributed by atoms with Crippen molar-refractivity contribution in [2.24, 2.45) is 0 Å². The zero-order chi connectivity index (χ0) is 25.8. The van der Waals surface area contributed by atoms with Crippen LogP contribution in [-0.4, -0.2) is 58.8 Å². The molecular formula is C29H39FN4O2. The summed E-state index contributed by atoms with van der Waals surface area (Å²) in [5.41, 5.74) is 2.46. The number of rotatable bonds is 10. The fourth-order valence-corrected chi connectivity index (χ4v) is 4.33. The third-order valence-electron chi connectivity index (χ3n) is 6.67. The van der Waals surface area contributed by atoms with Crippen LogP contribution in [0.15, 0.2) is 60.9 Å². The molecule has 6 nitrogen and oxygen atoms in total. The number of ether oxygens (including phenoxy) is 1. The van der Waals surface area contributed by atoms with E-state index in [9.17, 15) is 9.18 Å². The molecule has 0 spiro atoms. The summed E-state index contributed by atoms with van der Waals surface area (Å²) in [6, 6.07) is 17.8. The van der Waals surface area contributed by atoms with Crippen molar-refractivity contribution in [2.75, 3.05) is 33.4 Å². The van der Waals surface area contributed by atoms with Crippen LogP contribution in [0.5, 0.6) is 0 Å². The van der Waals surface area contributed by atoms with Crippen molar-refractivity contribution in [3.63, 3.8) is 0 Å². The van der Waals surface area contributed by atoms with Gasteiger partial charge in [0, 0.05) is 33.0 Å². The zero-order valence-corrected chi connectivity index (χ0v) is 21.8. The van der Waals surface area contributed by atoms with Crippen molar-refractivity contribution in [1.29, 1.82) is 0 Å². The van der Waals surface area contributed by atoms with Crippen LogP contribution in [0.3, 0.4) is 0 Å².